The van der Waals surface area contributed by atoms with E-state index >= 15 is 0 Å². The standard InChI is InChI=1S/C20H21ClN4OS/c1-15-4-5-16(21)12-18(15)23-8-10-24(11-9-23)19(26)13-17-14-27-20(22-17)25-6-2-3-7-25/h2-7,12,14H,8-11,13H2,1H3. The first-order valence-electron chi connectivity index (χ1n) is 8.97. The summed E-state index contributed by atoms with van der Waals surface area (Å²) in [5, 5.41) is 3.61. The molecule has 5 nitrogen and oxygen atoms in total. The van der Waals surface area contributed by atoms with Crippen LogP contribution >= 0.6 is 22.9 Å². The molecule has 0 unspecified atom stereocenters. The van der Waals surface area contributed by atoms with Crippen LogP contribution < -0.4 is 4.90 Å². The second-order valence-electron chi connectivity index (χ2n) is 6.69. The van der Waals surface area contributed by atoms with Crippen molar-refractivity contribution in [2.75, 3.05) is 31.1 Å². The lowest BCUT2D eigenvalue weighted by Gasteiger charge is -2.36. The quantitative estimate of drug-likeness (QED) is 0.669. The normalized spacial score (nSPS) is 14.6. The van der Waals surface area contributed by atoms with Crippen molar-refractivity contribution in [2.45, 2.75) is 13.3 Å². The highest BCUT2D eigenvalue weighted by Crippen LogP contribution is 2.25. The van der Waals surface area contributed by atoms with E-state index in [1.165, 1.54) is 5.56 Å². The Morgan fingerprint density at radius 3 is 2.67 bits per heavy atom. The number of hydrogen-bond acceptors (Lipinski definition) is 4. The minimum Gasteiger partial charge on any atom is -0.368 e. The molecule has 0 aliphatic carbocycles. The molecule has 7 heteroatoms. The van der Waals surface area contributed by atoms with Crippen LogP contribution in [-0.4, -0.2) is 46.5 Å². The number of nitrogens with zero attached hydrogens (tertiary/aromatic N) is 4. The van der Waals surface area contributed by atoms with Crippen LogP contribution in [0.4, 0.5) is 5.69 Å². The second-order valence-corrected chi connectivity index (χ2v) is 7.96. The molecule has 0 atom stereocenters. The minimum absolute atomic E-state index is 0.141. The Kier molecular flexibility index (Phi) is 5.18. The molecule has 0 bridgehead atoms. The lowest BCUT2D eigenvalue weighted by Crippen LogP contribution is -2.49. The molecule has 27 heavy (non-hydrogen) atoms. The zero-order valence-electron chi connectivity index (χ0n) is 15.1. The Hall–Kier alpha value is -2.31. The molecule has 0 radical (unpaired) electrons. The van der Waals surface area contributed by atoms with E-state index in [0.29, 0.717) is 6.42 Å². The minimum atomic E-state index is 0.141. The van der Waals surface area contributed by atoms with E-state index in [9.17, 15) is 4.79 Å². The summed E-state index contributed by atoms with van der Waals surface area (Å²) in [4.78, 5) is 21.5. The number of thiazole rings is 1. The van der Waals surface area contributed by atoms with Gasteiger partial charge in [-0.3, -0.25) is 4.79 Å². The van der Waals surface area contributed by atoms with Crippen molar-refractivity contribution in [3.05, 3.63) is 64.4 Å². The molecule has 0 saturated carbocycles. The predicted octanol–water partition coefficient (Wildman–Crippen LogP) is 3.79. The molecule has 0 spiro atoms. The van der Waals surface area contributed by atoms with Crippen LogP contribution in [-0.2, 0) is 11.2 Å². The summed E-state index contributed by atoms with van der Waals surface area (Å²) in [5.74, 6) is 0.141. The van der Waals surface area contributed by atoms with Crippen molar-refractivity contribution < 1.29 is 4.79 Å². The van der Waals surface area contributed by atoms with E-state index in [-0.39, 0.29) is 5.91 Å². The van der Waals surface area contributed by atoms with Crippen LogP contribution in [0.25, 0.3) is 5.13 Å². The largest absolute Gasteiger partial charge is 0.368 e. The molecular formula is C20H21ClN4OS. The number of rotatable bonds is 4. The Balaban J connectivity index is 1.35. The molecule has 1 saturated heterocycles. The lowest BCUT2D eigenvalue weighted by molar-refractivity contribution is -0.130. The van der Waals surface area contributed by atoms with Gasteiger partial charge in [0.05, 0.1) is 12.1 Å². The summed E-state index contributed by atoms with van der Waals surface area (Å²) < 4.78 is 1.96. The van der Waals surface area contributed by atoms with Gasteiger partial charge < -0.3 is 14.4 Å². The average molecular weight is 401 g/mol. The monoisotopic (exact) mass is 400 g/mol. The lowest BCUT2D eigenvalue weighted by atomic mass is 10.1. The molecule has 1 fully saturated rings. The molecule has 4 rings (SSSR count). The van der Waals surface area contributed by atoms with Gasteiger partial charge in [-0.1, -0.05) is 17.7 Å². The van der Waals surface area contributed by atoms with E-state index in [0.717, 1.165) is 47.7 Å². The van der Waals surface area contributed by atoms with E-state index in [1.54, 1.807) is 11.3 Å². The van der Waals surface area contributed by atoms with E-state index < -0.39 is 0 Å². The van der Waals surface area contributed by atoms with Crippen LogP contribution in [0.5, 0.6) is 0 Å². The van der Waals surface area contributed by atoms with Gasteiger partial charge in [0, 0.05) is 54.7 Å². The Labute approximate surface area is 167 Å². The summed E-state index contributed by atoms with van der Waals surface area (Å²) in [5.41, 5.74) is 3.20. The van der Waals surface area contributed by atoms with E-state index in [2.05, 4.69) is 16.8 Å². The molecule has 1 amide bonds. The molecule has 140 valence electrons. The number of anilines is 1. The number of hydrogen-bond donors (Lipinski definition) is 0. The predicted molar refractivity (Wildman–Crippen MR) is 110 cm³/mol. The van der Waals surface area contributed by atoms with Crippen molar-refractivity contribution >= 4 is 34.5 Å². The first kappa shape index (κ1) is 18.1. The van der Waals surface area contributed by atoms with Gasteiger partial charge in [0.15, 0.2) is 5.13 Å². The molecule has 3 aromatic rings. The van der Waals surface area contributed by atoms with Gasteiger partial charge in [-0.15, -0.1) is 11.3 Å². The van der Waals surface area contributed by atoms with Crippen LogP contribution in [0, 0.1) is 6.92 Å². The molecule has 2 aromatic heterocycles. The Morgan fingerprint density at radius 2 is 1.93 bits per heavy atom. The first-order valence-corrected chi connectivity index (χ1v) is 10.2. The smallest absolute Gasteiger partial charge is 0.228 e. The van der Waals surface area contributed by atoms with Crippen molar-refractivity contribution in [3.63, 3.8) is 0 Å². The maximum absolute atomic E-state index is 12.7. The van der Waals surface area contributed by atoms with E-state index in [4.69, 9.17) is 11.6 Å². The van der Waals surface area contributed by atoms with E-state index in [1.807, 2.05) is 57.6 Å². The number of halogens is 1. The Bertz CT molecular complexity index is 929. The van der Waals surface area contributed by atoms with Gasteiger partial charge in [-0.2, -0.15) is 0 Å². The highest BCUT2D eigenvalue weighted by atomic mass is 35.5. The fourth-order valence-corrected chi connectivity index (χ4v) is 4.30. The zero-order chi connectivity index (χ0) is 18.8. The Morgan fingerprint density at radius 1 is 1.19 bits per heavy atom. The number of aryl methyl sites for hydroxylation is 1. The van der Waals surface area contributed by atoms with Gasteiger partial charge >= 0.3 is 0 Å². The third-order valence-electron chi connectivity index (χ3n) is 4.84. The maximum atomic E-state index is 12.7. The summed E-state index contributed by atoms with van der Waals surface area (Å²) in [7, 11) is 0. The number of carbonyl (C=O) groups excluding carboxylic acids is 1. The fourth-order valence-electron chi connectivity index (χ4n) is 3.34. The van der Waals surface area contributed by atoms with Crippen LogP contribution in [0.1, 0.15) is 11.3 Å². The number of piperazine rings is 1. The molecule has 1 aromatic carbocycles. The third-order valence-corrected chi connectivity index (χ3v) is 5.98. The first-order chi connectivity index (χ1) is 13.1. The van der Waals surface area contributed by atoms with Crippen LogP contribution in [0.3, 0.4) is 0 Å². The van der Waals surface area contributed by atoms with Crippen LogP contribution in [0.2, 0.25) is 5.02 Å². The summed E-state index contributed by atoms with van der Waals surface area (Å²) in [6, 6.07) is 9.89. The van der Waals surface area contributed by atoms with Crippen molar-refractivity contribution in [1.29, 1.82) is 0 Å². The maximum Gasteiger partial charge on any atom is 0.228 e. The van der Waals surface area contributed by atoms with Crippen LogP contribution in [0.15, 0.2) is 48.1 Å². The number of aromatic nitrogens is 2. The number of amides is 1. The van der Waals surface area contributed by atoms with Crippen molar-refractivity contribution in [1.82, 2.24) is 14.5 Å². The highest BCUT2D eigenvalue weighted by molar-refractivity contribution is 7.12. The van der Waals surface area contributed by atoms with Gasteiger partial charge in [0.2, 0.25) is 5.91 Å². The third kappa shape index (κ3) is 4.01. The molecule has 0 N–H and O–H groups in total. The van der Waals surface area contributed by atoms with Gasteiger partial charge in [0.1, 0.15) is 0 Å². The summed E-state index contributed by atoms with van der Waals surface area (Å²) in [6.07, 6.45) is 4.27. The molecule has 1 aliphatic rings. The molecular weight excluding hydrogens is 380 g/mol. The number of benzene rings is 1. The second kappa shape index (κ2) is 7.74. The highest BCUT2D eigenvalue weighted by Gasteiger charge is 2.23. The fraction of sp³-hybridized carbons (Fsp3) is 0.300. The average Bonchev–Trinajstić information content (AvgIpc) is 3.35. The zero-order valence-corrected chi connectivity index (χ0v) is 16.7. The van der Waals surface area contributed by atoms with Gasteiger partial charge in [0.25, 0.3) is 0 Å². The summed E-state index contributed by atoms with van der Waals surface area (Å²) >= 11 is 7.70. The van der Waals surface area contributed by atoms with Gasteiger partial charge in [-0.05, 0) is 36.8 Å². The molecule has 1 aliphatic heterocycles. The molecule has 3 heterocycles. The van der Waals surface area contributed by atoms with Crippen molar-refractivity contribution in [3.8, 4) is 5.13 Å². The van der Waals surface area contributed by atoms with Gasteiger partial charge in [-0.25, -0.2) is 4.98 Å². The summed E-state index contributed by atoms with van der Waals surface area (Å²) in [6.45, 7) is 5.17. The van der Waals surface area contributed by atoms with Crippen molar-refractivity contribution in [2.24, 2.45) is 0 Å². The topological polar surface area (TPSA) is 41.4 Å². The number of carbonyl (C=O) groups is 1. The SMILES string of the molecule is Cc1ccc(Cl)cc1N1CCN(C(=O)Cc2csc(-n3cccc3)n2)CC1.